The lowest BCUT2D eigenvalue weighted by atomic mass is 10.1. The van der Waals surface area contributed by atoms with Crippen LogP contribution in [0.25, 0.3) is 0 Å². The lowest BCUT2D eigenvalue weighted by Gasteiger charge is -2.15. The molecule has 0 spiro atoms. The van der Waals surface area contributed by atoms with Gasteiger partial charge in [0, 0.05) is 0 Å². The summed E-state index contributed by atoms with van der Waals surface area (Å²) in [5, 5.41) is 8.37. The Hall–Kier alpha value is -0.420. The van der Waals surface area contributed by atoms with E-state index in [0.717, 1.165) is 0 Å². The summed E-state index contributed by atoms with van der Waals surface area (Å²) in [6.45, 7) is 1.39. The molecule has 0 aliphatic carbocycles. The summed E-state index contributed by atoms with van der Waals surface area (Å²) in [5.74, 6) is -1.99. The molecule has 0 saturated carbocycles. The van der Waals surface area contributed by atoms with Gasteiger partial charge in [-0.2, -0.15) is 0 Å². The van der Waals surface area contributed by atoms with Crippen molar-refractivity contribution in [1.29, 1.82) is 0 Å². The molecule has 7 heteroatoms. The van der Waals surface area contributed by atoms with Crippen LogP contribution in [0.4, 0.5) is 0 Å². The molecule has 2 atom stereocenters. The zero-order valence-corrected chi connectivity index (χ0v) is 7.44. The van der Waals surface area contributed by atoms with Gasteiger partial charge in [-0.3, -0.25) is 9.36 Å². The highest BCUT2D eigenvalue weighted by atomic mass is 31.2. The Bertz CT molecular complexity index is 212. The highest BCUT2D eigenvalue weighted by Gasteiger charge is 2.26. The molecule has 0 aromatic rings. The summed E-state index contributed by atoms with van der Waals surface area (Å²) >= 11 is 0. The maximum absolute atomic E-state index is 10.4. The van der Waals surface area contributed by atoms with Crippen LogP contribution in [0.1, 0.15) is 6.92 Å². The first-order chi connectivity index (χ1) is 5.24. The van der Waals surface area contributed by atoms with E-state index in [9.17, 15) is 9.36 Å². The molecular formula is C5H12NO5P. The van der Waals surface area contributed by atoms with Crippen molar-refractivity contribution in [1.82, 2.24) is 0 Å². The first-order valence-corrected chi connectivity index (χ1v) is 5.07. The van der Waals surface area contributed by atoms with Gasteiger partial charge in [-0.1, -0.05) is 6.92 Å². The summed E-state index contributed by atoms with van der Waals surface area (Å²) in [4.78, 5) is 27.2. The minimum absolute atomic E-state index is 0.500. The zero-order chi connectivity index (χ0) is 9.94. The minimum Gasteiger partial charge on any atom is -0.480 e. The third-order valence-corrected chi connectivity index (χ3v) is 2.48. The lowest BCUT2D eigenvalue weighted by molar-refractivity contribution is -0.139. The van der Waals surface area contributed by atoms with Crippen LogP contribution >= 0.6 is 7.60 Å². The second-order valence-electron chi connectivity index (χ2n) is 2.69. The fourth-order valence-electron chi connectivity index (χ4n) is 0.732. The van der Waals surface area contributed by atoms with Crippen molar-refractivity contribution in [2.45, 2.75) is 13.0 Å². The quantitative estimate of drug-likeness (QED) is 0.438. The number of nitrogens with two attached hydrogens (primary N) is 1. The Balaban J connectivity index is 4.13. The molecule has 0 amide bonds. The van der Waals surface area contributed by atoms with Gasteiger partial charge in [0.1, 0.15) is 6.04 Å². The van der Waals surface area contributed by atoms with E-state index in [1.54, 1.807) is 0 Å². The van der Waals surface area contributed by atoms with Gasteiger partial charge >= 0.3 is 13.6 Å². The average Bonchev–Trinajstić information content (AvgIpc) is 1.82. The maximum atomic E-state index is 10.4. The fourth-order valence-corrected chi connectivity index (χ4v) is 1.71. The third-order valence-electron chi connectivity index (χ3n) is 1.42. The van der Waals surface area contributed by atoms with E-state index >= 15 is 0 Å². The highest BCUT2D eigenvalue weighted by Crippen LogP contribution is 2.37. The van der Waals surface area contributed by atoms with Gasteiger partial charge in [0.2, 0.25) is 0 Å². The molecule has 0 fully saturated rings. The van der Waals surface area contributed by atoms with E-state index in [0.29, 0.717) is 0 Å². The van der Waals surface area contributed by atoms with Gasteiger partial charge in [-0.25, -0.2) is 0 Å². The number of carboxylic acid groups (broad SMARTS) is 1. The molecule has 2 unspecified atom stereocenters. The van der Waals surface area contributed by atoms with E-state index in [1.165, 1.54) is 6.92 Å². The van der Waals surface area contributed by atoms with E-state index in [4.69, 9.17) is 20.6 Å². The molecule has 72 valence electrons. The normalized spacial score (nSPS) is 17.0. The molecule has 0 aliphatic rings. The van der Waals surface area contributed by atoms with Gasteiger partial charge in [0.05, 0.1) is 6.16 Å². The van der Waals surface area contributed by atoms with Gasteiger partial charge < -0.3 is 20.6 Å². The molecule has 0 aromatic heterocycles. The van der Waals surface area contributed by atoms with E-state index in [-0.39, 0.29) is 0 Å². The number of rotatable bonds is 4. The summed E-state index contributed by atoms with van der Waals surface area (Å²) in [5.41, 5.74) is 5.12. The molecule has 0 bridgehead atoms. The van der Waals surface area contributed by atoms with Gasteiger partial charge in [-0.05, 0) is 5.92 Å². The molecule has 5 N–H and O–H groups in total. The summed E-state index contributed by atoms with van der Waals surface area (Å²) in [6, 6.07) is -1.22. The largest absolute Gasteiger partial charge is 0.480 e. The van der Waals surface area contributed by atoms with Crippen LogP contribution in [0.3, 0.4) is 0 Å². The molecule has 0 saturated heterocycles. The first-order valence-electron chi connectivity index (χ1n) is 3.27. The fraction of sp³-hybridized carbons (Fsp3) is 0.800. The van der Waals surface area contributed by atoms with Crippen molar-refractivity contribution in [2.24, 2.45) is 11.7 Å². The van der Waals surface area contributed by atoms with Crippen molar-refractivity contribution in [3.8, 4) is 0 Å². The third kappa shape index (κ3) is 4.46. The Morgan fingerprint density at radius 1 is 1.58 bits per heavy atom. The Kier molecular flexibility index (Phi) is 3.86. The van der Waals surface area contributed by atoms with Gasteiger partial charge in [-0.15, -0.1) is 0 Å². The van der Waals surface area contributed by atoms with Crippen molar-refractivity contribution in [2.75, 3.05) is 6.16 Å². The second-order valence-corrected chi connectivity index (χ2v) is 4.38. The van der Waals surface area contributed by atoms with Crippen molar-refractivity contribution in [3.05, 3.63) is 0 Å². The molecule has 0 heterocycles. The Morgan fingerprint density at radius 2 is 2.00 bits per heavy atom. The molecule has 0 aromatic carbocycles. The standard InChI is InChI=1S/C5H12NO5P/c1-3(2-12(9,10)11)4(6)5(7)8/h3-4H,2,6H2,1H3,(H,7,8)(H2,9,10,11). The van der Waals surface area contributed by atoms with Gasteiger partial charge in [0.15, 0.2) is 0 Å². The summed E-state index contributed by atoms with van der Waals surface area (Å²) in [6.07, 6.45) is -0.500. The van der Waals surface area contributed by atoms with Crippen molar-refractivity contribution in [3.63, 3.8) is 0 Å². The SMILES string of the molecule is CC(CP(=O)(O)O)C(N)C(=O)O. The lowest BCUT2D eigenvalue weighted by Crippen LogP contribution is -2.38. The smallest absolute Gasteiger partial charge is 0.325 e. The van der Waals surface area contributed by atoms with E-state index in [1.807, 2.05) is 0 Å². The average molecular weight is 197 g/mol. The molecule has 0 aliphatic heterocycles. The van der Waals surface area contributed by atoms with Crippen LogP contribution in [-0.2, 0) is 9.36 Å². The van der Waals surface area contributed by atoms with Crippen LogP contribution < -0.4 is 5.73 Å². The number of hydrogen-bond acceptors (Lipinski definition) is 3. The van der Waals surface area contributed by atoms with E-state index in [2.05, 4.69) is 0 Å². The van der Waals surface area contributed by atoms with Crippen molar-refractivity contribution < 1.29 is 24.3 Å². The topological polar surface area (TPSA) is 121 Å². The van der Waals surface area contributed by atoms with Crippen molar-refractivity contribution >= 4 is 13.6 Å². The van der Waals surface area contributed by atoms with E-state index < -0.39 is 31.7 Å². The summed E-state index contributed by atoms with van der Waals surface area (Å²) in [7, 11) is -4.16. The van der Waals surface area contributed by atoms with Crippen LogP contribution in [0.15, 0.2) is 0 Å². The molecule has 6 nitrogen and oxygen atoms in total. The first kappa shape index (κ1) is 11.6. The van der Waals surface area contributed by atoms with Crippen LogP contribution in [0.5, 0.6) is 0 Å². The van der Waals surface area contributed by atoms with Crippen LogP contribution in [0.2, 0.25) is 0 Å². The van der Waals surface area contributed by atoms with Crippen LogP contribution in [-0.4, -0.2) is 33.1 Å². The Labute approximate surface area is 69.5 Å². The monoisotopic (exact) mass is 197 g/mol. The Morgan fingerprint density at radius 3 is 2.25 bits per heavy atom. The predicted molar refractivity (Wildman–Crippen MR) is 41.7 cm³/mol. The minimum atomic E-state index is -4.16. The molecule has 0 rings (SSSR count). The maximum Gasteiger partial charge on any atom is 0.325 e. The van der Waals surface area contributed by atoms with Gasteiger partial charge in [0.25, 0.3) is 0 Å². The number of hydrogen-bond donors (Lipinski definition) is 4. The number of aliphatic carboxylic acids is 1. The summed E-state index contributed by atoms with van der Waals surface area (Å²) < 4.78 is 10.4. The second kappa shape index (κ2) is 4.00. The molecular weight excluding hydrogens is 185 g/mol. The number of carboxylic acids is 1. The zero-order valence-electron chi connectivity index (χ0n) is 6.54. The predicted octanol–water partition coefficient (Wildman–Crippen LogP) is -0.788. The molecule has 12 heavy (non-hydrogen) atoms. The highest BCUT2D eigenvalue weighted by molar-refractivity contribution is 7.51. The van der Waals surface area contributed by atoms with Crippen LogP contribution in [0, 0.1) is 5.92 Å². The number of carbonyl (C=O) groups is 1. The molecule has 0 radical (unpaired) electrons.